The summed E-state index contributed by atoms with van der Waals surface area (Å²) in [6.07, 6.45) is 0.265. The molecule has 0 aromatic heterocycles. The maximum atomic E-state index is 11.6. The van der Waals surface area contributed by atoms with Crippen molar-refractivity contribution in [2.75, 3.05) is 17.6 Å². The minimum Gasteiger partial charge on any atom is -0.478 e. The summed E-state index contributed by atoms with van der Waals surface area (Å²) in [4.78, 5) is 22.7. The predicted octanol–water partition coefficient (Wildman–Crippen LogP) is 1.68. The molecule has 5 N–H and O–H groups in total. The third-order valence-corrected chi connectivity index (χ3v) is 2.46. The van der Waals surface area contributed by atoms with Crippen molar-refractivity contribution in [3.63, 3.8) is 0 Å². The SMILES string of the molecule is CC(C)(C)NC(=O)CCNc1ccc(N)cc1C(=O)O. The largest absolute Gasteiger partial charge is 0.478 e. The molecule has 0 unspecified atom stereocenters. The topological polar surface area (TPSA) is 104 Å². The Bertz CT molecular complexity index is 507. The third-order valence-electron chi connectivity index (χ3n) is 2.46. The van der Waals surface area contributed by atoms with Crippen molar-refractivity contribution < 1.29 is 14.7 Å². The van der Waals surface area contributed by atoms with E-state index in [0.29, 0.717) is 17.9 Å². The molecule has 1 aromatic carbocycles. The molecule has 0 aliphatic heterocycles. The highest BCUT2D eigenvalue weighted by atomic mass is 16.4. The average molecular weight is 279 g/mol. The molecule has 110 valence electrons. The lowest BCUT2D eigenvalue weighted by Gasteiger charge is -2.20. The number of hydrogen-bond donors (Lipinski definition) is 4. The zero-order valence-electron chi connectivity index (χ0n) is 12.0. The van der Waals surface area contributed by atoms with Crippen molar-refractivity contribution in [3.8, 4) is 0 Å². The number of amides is 1. The first-order valence-corrected chi connectivity index (χ1v) is 6.37. The number of hydrogen-bond acceptors (Lipinski definition) is 4. The van der Waals surface area contributed by atoms with Gasteiger partial charge in [0.05, 0.1) is 5.56 Å². The third kappa shape index (κ3) is 5.17. The Morgan fingerprint density at radius 1 is 1.30 bits per heavy atom. The maximum Gasteiger partial charge on any atom is 0.337 e. The molecule has 6 nitrogen and oxygen atoms in total. The van der Waals surface area contributed by atoms with Crippen LogP contribution in [0.15, 0.2) is 18.2 Å². The van der Waals surface area contributed by atoms with Crippen LogP contribution in [0.2, 0.25) is 0 Å². The molecule has 0 aliphatic carbocycles. The lowest BCUT2D eigenvalue weighted by molar-refractivity contribution is -0.122. The number of aromatic carboxylic acids is 1. The number of carbonyl (C=O) groups excluding carboxylic acids is 1. The quantitative estimate of drug-likeness (QED) is 0.614. The molecule has 0 aliphatic rings. The van der Waals surface area contributed by atoms with E-state index >= 15 is 0 Å². The normalized spacial score (nSPS) is 10.9. The van der Waals surface area contributed by atoms with Crippen LogP contribution in [0.25, 0.3) is 0 Å². The van der Waals surface area contributed by atoms with Crippen molar-refractivity contribution >= 4 is 23.3 Å². The summed E-state index contributed by atoms with van der Waals surface area (Å²) in [6, 6.07) is 4.60. The molecule has 0 saturated carbocycles. The summed E-state index contributed by atoms with van der Waals surface area (Å²) in [5.74, 6) is -1.14. The summed E-state index contributed by atoms with van der Waals surface area (Å²) >= 11 is 0. The summed E-state index contributed by atoms with van der Waals surface area (Å²) in [6.45, 7) is 6.06. The monoisotopic (exact) mass is 279 g/mol. The van der Waals surface area contributed by atoms with E-state index in [1.54, 1.807) is 12.1 Å². The molecule has 1 amide bonds. The molecule has 0 spiro atoms. The van der Waals surface area contributed by atoms with Gasteiger partial charge in [0.2, 0.25) is 5.91 Å². The lowest BCUT2D eigenvalue weighted by Crippen LogP contribution is -2.41. The van der Waals surface area contributed by atoms with Crippen LogP contribution in [-0.4, -0.2) is 29.1 Å². The van der Waals surface area contributed by atoms with Crippen LogP contribution in [0.5, 0.6) is 0 Å². The number of benzene rings is 1. The number of rotatable bonds is 5. The number of nitrogens with one attached hydrogen (secondary N) is 2. The molecule has 20 heavy (non-hydrogen) atoms. The van der Waals surface area contributed by atoms with Crippen LogP contribution in [0.4, 0.5) is 11.4 Å². The van der Waals surface area contributed by atoms with Crippen LogP contribution in [-0.2, 0) is 4.79 Å². The minimum absolute atomic E-state index is 0.0858. The molecular formula is C14H21N3O3. The van der Waals surface area contributed by atoms with Gasteiger partial charge >= 0.3 is 5.97 Å². The fourth-order valence-corrected chi connectivity index (χ4v) is 1.68. The second kappa shape index (κ2) is 6.27. The number of nitrogen functional groups attached to an aromatic ring is 1. The van der Waals surface area contributed by atoms with E-state index in [1.807, 2.05) is 20.8 Å². The molecule has 0 saturated heterocycles. The highest BCUT2D eigenvalue weighted by molar-refractivity contribution is 5.95. The summed E-state index contributed by atoms with van der Waals surface area (Å²) in [5.41, 5.74) is 6.22. The van der Waals surface area contributed by atoms with Gasteiger partial charge in [-0.15, -0.1) is 0 Å². The van der Waals surface area contributed by atoms with E-state index in [1.165, 1.54) is 6.07 Å². The van der Waals surface area contributed by atoms with E-state index in [2.05, 4.69) is 10.6 Å². The molecule has 0 radical (unpaired) electrons. The summed E-state index contributed by atoms with van der Waals surface area (Å²) in [5, 5.41) is 14.9. The first-order chi connectivity index (χ1) is 9.19. The van der Waals surface area contributed by atoms with Crippen LogP contribution >= 0.6 is 0 Å². The van der Waals surface area contributed by atoms with Gasteiger partial charge in [0, 0.05) is 29.9 Å². The first kappa shape index (κ1) is 15.8. The number of carboxylic acids is 1. The Kier molecular flexibility index (Phi) is 4.96. The Balaban J connectivity index is 2.58. The highest BCUT2D eigenvalue weighted by Crippen LogP contribution is 2.18. The molecule has 0 atom stereocenters. The van der Waals surface area contributed by atoms with Gasteiger partial charge < -0.3 is 21.5 Å². The van der Waals surface area contributed by atoms with Gasteiger partial charge in [-0.1, -0.05) is 0 Å². The number of nitrogens with two attached hydrogens (primary N) is 1. The average Bonchev–Trinajstić information content (AvgIpc) is 2.28. The first-order valence-electron chi connectivity index (χ1n) is 6.37. The molecule has 0 bridgehead atoms. The van der Waals surface area contributed by atoms with Gasteiger partial charge in [-0.25, -0.2) is 4.79 Å². The van der Waals surface area contributed by atoms with E-state index in [-0.39, 0.29) is 23.4 Å². The smallest absolute Gasteiger partial charge is 0.337 e. The summed E-state index contributed by atoms with van der Waals surface area (Å²) in [7, 11) is 0. The fraction of sp³-hybridized carbons (Fsp3) is 0.429. The molecule has 6 heteroatoms. The maximum absolute atomic E-state index is 11.6. The number of anilines is 2. The molecule has 0 fully saturated rings. The highest BCUT2D eigenvalue weighted by Gasteiger charge is 2.14. The fourth-order valence-electron chi connectivity index (χ4n) is 1.68. The number of carboxylic acid groups (broad SMARTS) is 1. The van der Waals surface area contributed by atoms with Gasteiger partial charge in [-0.3, -0.25) is 4.79 Å². The summed E-state index contributed by atoms with van der Waals surface area (Å²) < 4.78 is 0. The van der Waals surface area contributed by atoms with Crippen molar-refractivity contribution in [2.45, 2.75) is 32.7 Å². The Hall–Kier alpha value is -2.24. The van der Waals surface area contributed by atoms with Gasteiger partial charge in [-0.2, -0.15) is 0 Å². The van der Waals surface area contributed by atoms with Gasteiger partial charge in [0.15, 0.2) is 0 Å². The van der Waals surface area contributed by atoms with Gasteiger partial charge in [0.1, 0.15) is 0 Å². The van der Waals surface area contributed by atoms with Crippen LogP contribution in [0.3, 0.4) is 0 Å². The van der Waals surface area contributed by atoms with Crippen molar-refractivity contribution in [1.29, 1.82) is 0 Å². The van der Waals surface area contributed by atoms with Crippen LogP contribution in [0, 0.1) is 0 Å². The van der Waals surface area contributed by atoms with Gasteiger partial charge in [-0.05, 0) is 39.0 Å². The number of carbonyl (C=O) groups is 2. The zero-order chi connectivity index (χ0) is 15.3. The van der Waals surface area contributed by atoms with Crippen LogP contribution < -0.4 is 16.4 Å². The Labute approximate surface area is 118 Å². The van der Waals surface area contributed by atoms with Crippen molar-refractivity contribution in [3.05, 3.63) is 23.8 Å². The standard InChI is InChI=1S/C14H21N3O3/c1-14(2,3)17-12(18)6-7-16-11-5-4-9(15)8-10(11)13(19)20/h4-5,8,16H,6-7,15H2,1-3H3,(H,17,18)(H,19,20). The Morgan fingerprint density at radius 2 is 1.95 bits per heavy atom. The molecule has 1 rings (SSSR count). The van der Waals surface area contributed by atoms with E-state index in [4.69, 9.17) is 10.8 Å². The van der Waals surface area contributed by atoms with Crippen molar-refractivity contribution in [1.82, 2.24) is 5.32 Å². The molecule has 0 heterocycles. The van der Waals surface area contributed by atoms with Crippen LogP contribution in [0.1, 0.15) is 37.6 Å². The minimum atomic E-state index is -1.06. The van der Waals surface area contributed by atoms with E-state index in [9.17, 15) is 9.59 Å². The lowest BCUT2D eigenvalue weighted by atomic mass is 10.1. The zero-order valence-corrected chi connectivity index (χ0v) is 12.0. The molecule has 1 aromatic rings. The van der Waals surface area contributed by atoms with Gasteiger partial charge in [0.25, 0.3) is 0 Å². The van der Waals surface area contributed by atoms with Crippen molar-refractivity contribution in [2.24, 2.45) is 0 Å². The second-order valence-electron chi connectivity index (χ2n) is 5.59. The Morgan fingerprint density at radius 3 is 2.50 bits per heavy atom. The molecular weight excluding hydrogens is 258 g/mol. The second-order valence-corrected chi connectivity index (χ2v) is 5.59. The van der Waals surface area contributed by atoms with E-state index < -0.39 is 5.97 Å². The van der Waals surface area contributed by atoms with E-state index in [0.717, 1.165) is 0 Å². The predicted molar refractivity (Wildman–Crippen MR) is 78.8 cm³/mol.